The standard InChI is InChI=1S/C25H28N6O3S/c1-29(2)21-12-13-30(17-21)20-9-7-19(8-10-20)27-25-26-16-18-11-14-31(24(18)28-25)35(32,33)23-6-4-5-22(15-23)34-3/h4-11,14-16,21H,12-13,17H2,1-3H3,(H,26,27,28). The van der Waals surface area contributed by atoms with Gasteiger partial charge in [0, 0.05) is 54.4 Å². The molecule has 2 aromatic heterocycles. The molecule has 0 saturated carbocycles. The molecular weight excluding hydrogens is 464 g/mol. The molecule has 1 fully saturated rings. The summed E-state index contributed by atoms with van der Waals surface area (Å²) < 4.78 is 32.9. The van der Waals surface area contributed by atoms with E-state index in [-0.39, 0.29) is 4.90 Å². The Morgan fingerprint density at radius 2 is 1.91 bits per heavy atom. The van der Waals surface area contributed by atoms with Crippen molar-refractivity contribution in [3.8, 4) is 5.75 Å². The van der Waals surface area contributed by atoms with Gasteiger partial charge in [-0.15, -0.1) is 0 Å². The van der Waals surface area contributed by atoms with Gasteiger partial charge in [0.2, 0.25) is 5.95 Å². The fourth-order valence-corrected chi connectivity index (χ4v) is 5.64. The predicted octanol–water partition coefficient (Wildman–Crippen LogP) is 3.56. The third-order valence-corrected chi connectivity index (χ3v) is 8.04. The highest BCUT2D eigenvalue weighted by Gasteiger charge is 2.24. The number of hydrogen-bond acceptors (Lipinski definition) is 8. The van der Waals surface area contributed by atoms with Gasteiger partial charge in [-0.25, -0.2) is 17.4 Å². The van der Waals surface area contributed by atoms with Crippen LogP contribution in [-0.2, 0) is 10.0 Å². The Hall–Kier alpha value is -3.63. The van der Waals surface area contributed by atoms with Crippen LogP contribution in [0.4, 0.5) is 17.3 Å². The quantitative estimate of drug-likeness (QED) is 0.419. The molecule has 1 atom stereocenters. The van der Waals surface area contributed by atoms with Crippen LogP contribution in [-0.4, -0.2) is 67.6 Å². The lowest BCUT2D eigenvalue weighted by Crippen LogP contribution is -2.31. The summed E-state index contributed by atoms with van der Waals surface area (Å²) in [4.78, 5) is 13.6. The minimum absolute atomic E-state index is 0.122. The molecule has 5 rings (SSSR count). The average molecular weight is 493 g/mol. The molecule has 182 valence electrons. The van der Waals surface area contributed by atoms with Gasteiger partial charge in [-0.1, -0.05) is 6.07 Å². The van der Waals surface area contributed by atoms with E-state index in [2.05, 4.69) is 51.3 Å². The van der Waals surface area contributed by atoms with Crippen LogP contribution in [0.15, 0.2) is 71.9 Å². The predicted molar refractivity (Wildman–Crippen MR) is 137 cm³/mol. The molecule has 1 saturated heterocycles. The number of aromatic nitrogens is 3. The van der Waals surface area contributed by atoms with Gasteiger partial charge in [-0.3, -0.25) is 0 Å². The number of methoxy groups -OCH3 is 1. The third-order valence-electron chi connectivity index (χ3n) is 6.37. The summed E-state index contributed by atoms with van der Waals surface area (Å²) in [7, 11) is 1.88. The summed E-state index contributed by atoms with van der Waals surface area (Å²) in [6.07, 6.45) is 4.26. The number of fused-ring (bicyclic) bond motifs is 1. The summed E-state index contributed by atoms with van der Waals surface area (Å²) in [6, 6.07) is 16.7. The van der Waals surface area contributed by atoms with Crippen molar-refractivity contribution in [1.82, 2.24) is 18.8 Å². The molecule has 35 heavy (non-hydrogen) atoms. The number of nitrogens with zero attached hydrogens (tertiary/aromatic N) is 5. The van der Waals surface area contributed by atoms with E-state index in [4.69, 9.17) is 4.74 Å². The van der Waals surface area contributed by atoms with Crippen LogP contribution in [0.5, 0.6) is 5.75 Å². The van der Waals surface area contributed by atoms with E-state index in [0.717, 1.165) is 25.2 Å². The molecule has 2 aromatic carbocycles. The van der Waals surface area contributed by atoms with Gasteiger partial charge in [-0.2, -0.15) is 4.98 Å². The highest BCUT2D eigenvalue weighted by Crippen LogP contribution is 2.26. The molecule has 1 unspecified atom stereocenters. The molecule has 0 amide bonds. The van der Waals surface area contributed by atoms with E-state index in [0.29, 0.717) is 28.8 Å². The number of nitrogens with one attached hydrogen (secondary N) is 1. The topological polar surface area (TPSA) is 92.6 Å². The molecule has 0 radical (unpaired) electrons. The summed E-state index contributed by atoms with van der Waals surface area (Å²) in [5, 5.41) is 3.82. The second-order valence-corrected chi connectivity index (χ2v) is 10.6. The van der Waals surface area contributed by atoms with E-state index in [1.54, 1.807) is 24.4 Å². The maximum atomic E-state index is 13.3. The molecule has 1 aliphatic rings. The van der Waals surface area contributed by atoms with Gasteiger partial charge < -0.3 is 19.9 Å². The average Bonchev–Trinajstić information content (AvgIpc) is 3.52. The third kappa shape index (κ3) is 4.54. The Labute approximate surface area is 205 Å². The normalized spacial score (nSPS) is 16.2. The van der Waals surface area contributed by atoms with E-state index >= 15 is 0 Å². The van der Waals surface area contributed by atoms with Crippen LogP contribution < -0.4 is 15.0 Å². The molecule has 1 aliphatic heterocycles. The molecule has 0 spiro atoms. The van der Waals surface area contributed by atoms with E-state index in [1.807, 2.05) is 12.1 Å². The lowest BCUT2D eigenvalue weighted by Gasteiger charge is -2.22. The zero-order chi connectivity index (χ0) is 24.6. The highest BCUT2D eigenvalue weighted by molar-refractivity contribution is 7.90. The maximum Gasteiger partial charge on any atom is 0.269 e. The fraction of sp³-hybridized carbons (Fsp3) is 0.280. The van der Waals surface area contributed by atoms with Gasteiger partial charge in [0.05, 0.1) is 12.0 Å². The second kappa shape index (κ2) is 9.20. The molecular formula is C25H28N6O3S. The lowest BCUT2D eigenvalue weighted by molar-refractivity contribution is 0.315. The summed E-state index contributed by atoms with van der Waals surface area (Å²) in [5.41, 5.74) is 2.30. The zero-order valence-electron chi connectivity index (χ0n) is 19.9. The van der Waals surface area contributed by atoms with Crippen molar-refractivity contribution in [2.75, 3.05) is 44.5 Å². The van der Waals surface area contributed by atoms with Crippen molar-refractivity contribution < 1.29 is 13.2 Å². The van der Waals surface area contributed by atoms with E-state index in [1.165, 1.54) is 35.1 Å². The Morgan fingerprint density at radius 1 is 1.11 bits per heavy atom. The van der Waals surface area contributed by atoms with Crippen LogP contribution in [0.3, 0.4) is 0 Å². The smallest absolute Gasteiger partial charge is 0.269 e. The molecule has 3 heterocycles. The van der Waals surface area contributed by atoms with Crippen LogP contribution in [0.25, 0.3) is 11.0 Å². The van der Waals surface area contributed by atoms with Crippen LogP contribution in [0, 0.1) is 0 Å². The summed E-state index contributed by atoms with van der Waals surface area (Å²) in [5.74, 6) is 0.786. The van der Waals surface area contributed by atoms with Gasteiger partial charge in [-0.05, 0) is 63.0 Å². The summed E-state index contributed by atoms with van der Waals surface area (Å²) >= 11 is 0. The van der Waals surface area contributed by atoms with Crippen molar-refractivity contribution in [2.45, 2.75) is 17.4 Å². The first-order valence-electron chi connectivity index (χ1n) is 11.4. The first-order valence-corrected chi connectivity index (χ1v) is 12.8. The Balaban J connectivity index is 1.38. The summed E-state index contributed by atoms with van der Waals surface area (Å²) in [6.45, 7) is 2.05. The van der Waals surface area contributed by atoms with E-state index in [9.17, 15) is 8.42 Å². The zero-order valence-corrected chi connectivity index (χ0v) is 20.7. The minimum Gasteiger partial charge on any atom is -0.497 e. The molecule has 0 aliphatic carbocycles. The molecule has 1 N–H and O–H groups in total. The van der Waals surface area contributed by atoms with Gasteiger partial charge in [0.15, 0.2) is 5.65 Å². The van der Waals surface area contributed by atoms with Crippen molar-refractivity contribution in [3.63, 3.8) is 0 Å². The maximum absolute atomic E-state index is 13.3. The Morgan fingerprint density at radius 3 is 2.63 bits per heavy atom. The number of likely N-dealkylation sites (N-methyl/N-ethyl adjacent to an activating group) is 1. The number of benzene rings is 2. The first kappa shape index (κ1) is 23.1. The van der Waals surface area contributed by atoms with Gasteiger partial charge in [0.25, 0.3) is 10.0 Å². The lowest BCUT2D eigenvalue weighted by atomic mass is 10.2. The van der Waals surface area contributed by atoms with Crippen molar-refractivity contribution in [3.05, 3.63) is 67.0 Å². The Bertz CT molecular complexity index is 1450. The van der Waals surface area contributed by atoms with Crippen LogP contribution in [0.1, 0.15) is 6.42 Å². The number of anilines is 3. The number of rotatable bonds is 7. The number of hydrogen-bond donors (Lipinski definition) is 1. The molecule has 4 aromatic rings. The van der Waals surface area contributed by atoms with Crippen molar-refractivity contribution >= 4 is 38.4 Å². The highest BCUT2D eigenvalue weighted by atomic mass is 32.2. The van der Waals surface area contributed by atoms with Gasteiger partial charge in [0.1, 0.15) is 5.75 Å². The second-order valence-electron chi connectivity index (χ2n) is 8.79. The van der Waals surface area contributed by atoms with Crippen molar-refractivity contribution in [2.24, 2.45) is 0 Å². The largest absolute Gasteiger partial charge is 0.497 e. The van der Waals surface area contributed by atoms with Crippen LogP contribution in [0.2, 0.25) is 0 Å². The first-order chi connectivity index (χ1) is 16.8. The van der Waals surface area contributed by atoms with Crippen molar-refractivity contribution in [1.29, 1.82) is 0 Å². The molecule has 10 heteroatoms. The number of ether oxygens (including phenoxy) is 1. The Kier molecular flexibility index (Phi) is 6.08. The minimum atomic E-state index is -3.86. The van der Waals surface area contributed by atoms with Gasteiger partial charge >= 0.3 is 0 Å². The van der Waals surface area contributed by atoms with Crippen LogP contribution >= 0.6 is 0 Å². The molecule has 0 bridgehead atoms. The SMILES string of the molecule is COc1cccc(S(=O)(=O)n2ccc3cnc(Nc4ccc(N5CCC(N(C)C)C5)cc4)nc32)c1. The molecule has 9 nitrogen and oxygen atoms in total. The fourth-order valence-electron chi connectivity index (χ4n) is 4.31. The van der Waals surface area contributed by atoms with E-state index < -0.39 is 10.0 Å². The monoisotopic (exact) mass is 492 g/mol.